The van der Waals surface area contributed by atoms with Gasteiger partial charge in [0.05, 0.1) is 11.3 Å². The molecule has 0 bridgehead atoms. The van der Waals surface area contributed by atoms with Crippen molar-refractivity contribution in [3.05, 3.63) is 41.7 Å². The summed E-state index contributed by atoms with van der Waals surface area (Å²) in [4.78, 5) is 4.44. The second-order valence-electron chi connectivity index (χ2n) is 5.58. The molecule has 2 N–H and O–H groups in total. The Bertz CT molecular complexity index is 802. The maximum Gasteiger partial charge on any atom is 0.209 e. The molecule has 2 aromatic heterocycles. The number of aryl methyl sites for hydroxylation is 2. The van der Waals surface area contributed by atoms with Crippen LogP contribution in [0.15, 0.2) is 35.5 Å². The van der Waals surface area contributed by atoms with Crippen molar-refractivity contribution in [1.82, 2.24) is 25.0 Å². The molecule has 23 heavy (non-hydrogen) atoms. The molecule has 3 aromatic rings. The lowest BCUT2D eigenvalue weighted by atomic mass is 10.1. The molecule has 7 heteroatoms. The topological polar surface area (TPSA) is 79.6 Å². The Morgan fingerprint density at radius 2 is 2.17 bits per heavy atom. The van der Waals surface area contributed by atoms with E-state index >= 15 is 0 Å². The minimum absolute atomic E-state index is 0.196. The molecule has 1 aliphatic rings. The Kier molecular flexibility index (Phi) is 3.78. The van der Waals surface area contributed by atoms with Gasteiger partial charge in [-0.2, -0.15) is 5.10 Å². The van der Waals surface area contributed by atoms with Crippen LogP contribution >= 0.6 is 11.8 Å². The molecule has 1 aromatic carbocycles. The third-order valence-electron chi connectivity index (χ3n) is 3.94. The first kappa shape index (κ1) is 14.3. The van der Waals surface area contributed by atoms with Crippen molar-refractivity contribution in [3.8, 4) is 17.1 Å². The highest BCUT2D eigenvalue weighted by Gasteiger charge is 2.14. The zero-order chi connectivity index (χ0) is 15.6. The van der Waals surface area contributed by atoms with Crippen LogP contribution in [0, 0.1) is 0 Å². The number of para-hydroxylation sites is 1. The number of H-pyrrole nitrogens is 1. The van der Waals surface area contributed by atoms with Crippen LogP contribution in [0.4, 0.5) is 0 Å². The van der Waals surface area contributed by atoms with Crippen LogP contribution in [-0.2, 0) is 18.7 Å². The van der Waals surface area contributed by atoms with Gasteiger partial charge in [-0.3, -0.25) is 9.78 Å². The summed E-state index contributed by atoms with van der Waals surface area (Å²) in [6.07, 6.45) is 3.59. The average Bonchev–Trinajstić information content (AvgIpc) is 3.19. The molecule has 0 amide bonds. The van der Waals surface area contributed by atoms with E-state index in [1.807, 2.05) is 12.1 Å². The molecule has 6 nitrogen and oxygen atoms in total. The van der Waals surface area contributed by atoms with Gasteiger partial charge in [0.15, 0.2) is 5.82 Å². The fourth-order valence-corrected chi connectivity index (χ4v) is 3.48. The summed E-state index contributed by atoms with van der Waals surface area (Å²) in [5, 5.41) is 22.3. The number of aromatic nitrogens is 5. The number of phenols is 1. The van der Waals surface area contributed by atoms with Gasteiger partial charge in [-0.15, -0.1) is 5.10 Å². The van der Waals surface area contributed by atoms with E-state index in [0.29, 0.717) is 16.5 Å². The highest BCUT2D eigenvalue weighted by atomic mass is 32.2. The molecule has 0 atom stereocenters. The number of fused-ring (bicyclic) bond motifs is 1. The smallest absolute Gasteiger partial charge is 0.209 e. The highest BCUT2D eigenvalue weighted by molar-refractivity contribution is 7.98. The van der Waals surface area contributed by atoms with E-state index in [1.54, 1.807) is 23.9 Å². The molecule has 118 valence electrons. The number of hydrogen-bond acceptors (Lipinski definition) is 5. The van der Waals surface area contributed by atoms with E-state index in [4.69, 9.17) is 0 Å². The van der Waals surface area contributed by atoms with Gasteiger partial charge in [0.1, 0.15) is 5.75 Å². The van der Waals surface area contributed by atoms with Crippen LogP contribution in [0.25, 0.3) is 11.4 Å². The van der Waals surface area contributed by atoms with Crippen molar-refractivity contribution in [2.24, 2.45) is 0 Å². The van der Waals surface area contributed by atoms with Crippen molar-refractivity contribution < 1.29 is 5.11 Å². The van der Waals surface area contributed by atoms with Crippen LogP contribution in [0.2, 0.25) is 0 Å². The zero-order valence-electron chi connectivity index (χ0n) is 12.6. The molecular formula is C16H17N5OS. The van der Waals surface area contributed by atoms with E-state index in [-0.39, 0.29) is 5.75 Å². The zero-order valence-corrected chi connectivity index (χ0v) is 13.4. The number of aromatic amines is 1. The van der Waals surface area contributed by atoms with E-state index in [1.165, 1.54) is 18.5 Å². The molecule has 3 heterocycles. The fourth-order valence-electron chi connectivity index (χ4n) is 2.79. The number of benzene rings is 1. The summed E-state index contributed by atoms with van der Waals surface area (Å²) in [5.74, 6) is 1.52. The van der Waals surface area contributed by atoms with Crippen molar-refractivity contribution >= 4 is 11.8 Å². The summed E-state index contributed by atoms with van der Waals surface area (Å²) >= 11 is 1.55. The quantitative estimate of drug-likeness (QED) is 0.720. The minimum atomic E-state index is 0.196. The summed E-state index contributed by atoms with van der Waals surface area (Å²) in [5.41, 5.74) is 3.06. The van der Waals surface area contributed by atoms with Gasteiger partial charge in [-0.05, 0) is 37.5 Å². The van der Waals surface area contributed by atoms with Gasteiger partial charge in [-0.1, -0.05) is 23.9 Å². The third-order valence-corrected chi connectivity index (χ3v) is 4.82. The summed E-state index contributed by atoms with van der Waals surface area (Å²) in [6, 6.07) is 9.28. The van der Waals surface area contributed by atoms with Crippen LogP contribution in [0.5, 0.6) is 5.75 Å². The first-order valence-electron chi connectivity index (χ1n) is 7.69. The summed E-state index contributed by atoms with van der Waals surface area (Å²) in [7, 11) is 0. The standard InChI is InChI=1S/C16H17N5OS/c22-14-7-2-1-6-13(14)15-17-16(19-18-15)23-10-11-9-12-5-3-4-8-21(12)20-11/h1-2,6-7,9,22H,3-5,8,10H2,(H,17,18,19). The molecule has 0 aliphatic carbocycles. The molecule has 0 saturated carbocycles. The largest absolute Gasteiger partial charge is 0.507 e. The Morgan fingerprint density at radius 3 is 3.04 bits per heavy atom. The molecule has 1 aliphatic heterocycles. The number of hydrogen-bond donors (Lipinski definition) is 2. The first-order chi connectivity index (χ1) is 11.3. The van der Waals surface area contributed by atoms with E-state index < -0.39 is 0 Å². The van der Waals surface area contributed by atoms with E-state index in [0.717, 1.165) is 24.4 Å². The van der Waals surface area contributed by atoms with Gasteiger partial charge < -0.3 is 5.11 Å². The number of aromatic hydroxyl groups is 1. The van der Waals surface area contributed by atoms with E-state index in [2.05, 4.69) is 31.0 Å². The lowest BCUT2D eigenvalue weighted by Gasteiger charge is -2.11. The predicted octanol–water partition coefficient (Wildman–Crippen LogP) is 3.00. The van der Waals surface area contributed by atoms with E-state index in [9.17, 15) is 5.11 Å². The number of nitrogens with one attached hydrogen (secondary N) is 1. The number of thioether (sulfide) groups is 1. The normalized spacial score (nSPS) is 13.9. The highest BCUT2D eigenvalue weighted by Crippen LogP contribution is 2.28. The molecule has 0 radical (unpaired) electrons. The van der Waals surface area contributed by atoms with Crippen LogP contribution in [-0.4, -0.2) is 30.1 Å². The van der Waals surface area contributed by atoms with Gasteiger partial charge in [0, 0.05) is 18.0 Å². The average molecular weight is 327 g/mol. The van der Waals surface area contributed by atoms with Crippen molar-refractivity contribution in [1.29, 1.82) is 0 Å². The minimum Gasteiger partial charge on any atom is -0.507 e. The maximum absolute atomic E-state index is 9.87. The molecule has 0 fully saturated rings. The second-order valence-corrected chi connectivity index (χ2v) is 6.52. The summed E-state index contributed by atoms with van der Waals surface area (Å²) < 4.78 is 2.12. The van der Waals surface area contributed by atoms with Gasteiger partial charge in [-0.25, -0.2) is 4.98 Å². The van der Waals surface area contributed by atoms with Crippen molar-refractivity contribution in [2.75, 3.05) is 0 Å². The van der Waals surface area contributed by atoms with Crippen molar-refractivity contribution in [2.45, 2.75) is 36.7 Å². The lowest BCUT2D eigenvalue weighted by molar-refractivity contribution is 0.477. The Labute approximate surface area is 138 Å². The van der Waals surface area contributed by atoms with Crippen LogP contribution < -0.4 is 0 Å². The number of rotatable bonds is 4. The Morgan fingerprint density at radius 1 is 1.26 bits per heavy atom. The number of phenolic OH excluding ortho intramolecular Hbond substituents is 1. The monoisotopic (exact) mass is 327 g/mol. The molecule has 0 saturated heterocycles. The van der Waals surface area contributed by atoms with Crippen LogP contribution in [0.3, 0.4) is 0 Å². The van der Waals surface area contributed by atoms with Gasteiger partial charge in [0.25, 0.3) is 0 Å². The van der Waals surface area contributed by atoms with Crippen LogP contribution in [0.1, 0.15) is 24.2 Å². The molecular weight excluding hydrogens is 310 g/mol. The van der Waals surface area contributed by atoms with Crippen molar-refractivity contribution in [3.63, 3.8) is 0 Å². The summed E-state index contributed by atoms with van der Waals surface area (Å²) in [6.45, 7) is 1.03. The lowest BCUT2D eigenvalue weighted by Crippen LogP contribution is -2.10. The fraction of sp³-hybridized carbons (Fsp3) is 0.312. The molecule has 0 unspecified atom stereocenters. The first-order valence-corrected chi connectivity index (χ1v) is 8.67. The van der Waals surface area contributed by atoms with Gasteiger partial charge in [0.2, 0.25) is 5.16 Å². The maximum atomic E-state index is 9.87. The number of nitrogens with zero attached hydrogens (tertiary/aromatic N) is 4. The second kappa shape index (κ2) is 6.08. The van der Waals surface area contributed by atoms with Gasteiger partial charge >= 0.3 is 0 Å². The third kappa shape index (κ3) is 2.96. The Balaban J connectivity index is 1.46. The molecule has 0 spiro atoms. The molecule has 4 rings (SSSR count). The Hall–Kier alpha value is -2.28. The SMILES string of the molecule is Oc1ccccc1-c1nc(SCc2cc3n(n2)CCCC3)n[nH]1. The predicted molar refractivity (Wildman–Crippen MR) is 88.2 cm³/mol.